The molecule has 0 spiro atoms. The van der Waals surface area contributed by atoms with Gasteiger partial charge in [-0.1, -0.05) is 23.7 Å². The van der Waals surface area contributed by atoms with Crippen LogP contribution in [0.2, 0.25) is 0 Å². The lowest BCUT2D eigenvalue weighted by molar-refractivity contribution is 0.210. The average Bonchev–Trinajstić information content (AvgIpc) is 3.37. The van der Waals surface area contributed by atoms with Crippen molar-refractivity contribution in [2.75, 3.05) is 0 Å². The highest BCUT2D eigenvalue weighted by atomic mass is 16.5. The summed E-state index contributed by atoms with van der Waals surface area (Å²) >= 11 is 0. The van der Waals surface area contributed by atoms with Crippen molar-refractivity contribution in [1.82, 2.24) is 10.5 Å². The molecule has 2 aliphatic rings. The van der Waals surface area contributed by atoms with Gasteiger partial charge in [0, 0.05) is 25.1 Å². The number of ether oxygens (including phenoxy) is 1. The van der Waals surface area contributed by atoms with Crippen LogP contribution in [0.25, 0.3) is 0 Å². The predicted molar refractivity (Wildman–Crippen MR) is 102 cm³/mol. The number of hydrogen-bond donors (Lipinski definition) is 1. The van der Waals surface area contributed by atoms with Crippen molar-refractivity contribution in [3.05, 3.63) is 47.3 Å². The Kier molecular flexibility index (Phi) is 5.59. The summed E-state index contributed by atoms with van der Waals surface area (Å²) in [7, 11) is 0. The third-order valence-corrected chi connectivity index (χ3v) is 5.87. The molecule has 2 fully saturated rings. The second-order valence-corrected chi connectivity index (χ2v) is 7.99. The Labute approximate surface area is 156 Å². The van der Waals surface area contributed by atoms with E-state index < -0.39 is 0 Å². The maximum absolute atomic E-state index is 6.14. The molecule has 1 heterocycles. The number of rotatable bonds is 7. The summed E-state index contributed by atoms with van der Waals surface area (Å²) in [6.07, 6.45) is 10.2. The Bertz CT molecular complexity index is 706. The molecule has 1 aromatic carbocycles. The fourth-order valence-electron chi connectivity index (χ4n) is 4.50. The lowest BCUT2D eigenvalue weighted by Gasteiger charge is -2.20. The van der Waals surface area contributed by atoms with Crippen molar-refractivity contribution in [2.24, 2.45) is 5.92 Å². The van der Waals surface area contributed by atoms with E-state index >= 15 is 0 Å². The third kappa shape index (κ3) is 4.47. The summed E-state index contributed by atoms with van der Waals surface area (Å²) in [5.74, 6) is 2.68. The highest BCUT2D eigenvalue weighted by Crippen LogP contribution is 2.30. The van der Waals surface area contributed by atoms with Gasteiger partial charge in [-0.25, -0.2) is 0 Å². The van der Waals surface area contributed by atoms with E-state index in [1.165, 1.54) is 50.5 Å². The minimum Gasteiger partial charge on any atom is -0.490 e. The minimum absolute atomic E-state index is 0.419. The number of nitrogens with one attached hydrogen (secondary N) is 1. The van der Waals surface area contributed by atoms with E-state index in [1.54, 1.807) is 0 Å². The molecular formula is C22H30N2O2. The van der Waals surface area contributed by atoms with Gasteiger partial charge in [0.05, 0.1) is 11.8 Å². The Hall–Kier alpha value is -1.81. The molecule has 0 saturated heterocycles. The second-order valence-electron chi connectivity index (χ2n) is 7.99. The third-order valence-electron chi connectivity index (χ3n) is 5.87. The van der Waals surface area contributed by atoms with Crippen molar-refractivity contribution in [1.29, 1.82) is 0 Å². The minimum atomic E-state index is 0.419. The van der Waals surface area contributed by atoms with Gasteiger partial charge in [0.25, 0.3) is 0 Å². The molecule has 0 aliphatic heterocycles. The van der Waals surface area contributed by atoms with Crippen LogP contribution in [0.4, 0.5) is 0 Å². The monoisotopic (exact) mass is 354 g/mol. The number of benzene rings is 1. The zero-order chi connectivity index (χ0) is 17.8. The van der Waals surface area contributed by atoms with E-state index in [1.807, 2.05) is 6.92 Å². The van der Waals surface area contributed by atoms with Crippen LogP contribution < -0.4 is 10.1 Å². The van der Waals surface area contributed by atoms with E-state index in [0.717, 1.165) is 30.2 Å². The standard InChI is InChI=1S/C22H30N2O2/c1-16-12-21(26-24-16)14-18-7-5-11-22(18)23-15-17-6-4-10-20(13-17)25-19-8-2-3-9-19/h4,6,10,12-13,18-19,22-23H,2-3,5,7-9,11,14-15H2,1H3/t18-,22+/m0/s1. The molecule has 26 heavy (non-hydrogen) atoms. The molecule has 1 aromatic heterocycles. The van der Waals surface area contributed by atoms with Gasteiger partial charge in [-0.15, -0.1) is 0 Å². The van der Waals surface area contributed by atoms with Crippen LogP contribution in [-0.2, 0) is 13.0 Å². The molecule has 2 aliphatic carbocycles. The maximum Gasteiger partial charge on any atom is 0.137 e. The van der Waals surface area contributed by atoms with Crippen LogP contribution in [0.1, 0.15) is 62.0 Å². The molecule has 0 amide bonds. The number of hydrogen-bond acceptors (Lipinski definition) is 4. The van der Waals surface area contributed by atoms with Crippen LogP contribution in [0.3, 0.4) is 0 Å². The molecule has 0 radical (unpaired) electrons. The first-order valence-electron chi connectivity index (χ1n) is 10.2. The number of nitrogens with zero attached hydrogens (tertiary/aromatic N) is 1. The van der Waals surface area contributed by atoms with Crippen LogP contribution in [0.5, 0.6) is 5.75 Å². The SMILES string of the molecule is Cc1cc(C[C@@H]2CCC[C@H]2NCc2cccc(OC3CCCC3)c2)on1. The second kappa shape index (κ2) is 8.26. The summed E-state index contributed by atoms with van der Waals surface area (Å²) in [5, 5.41) is 7.80. The summed E-state index contributed by atoms with van der Waals surface area (Å²) in [6.45, 7) is 2.89. The van der Waals surface area contributed by atoms with Crippen LogP contribution in [0.15, 0.2) is 34.9 Å². The van der Waals surface area contributed by atoms with Crippen LogP contribution in [0, 0.1) is 12.8 Å². The smallest absolute Gasteiger partial charge is 0.137 e. The Balaban J connectivity index is 1.31. The zero-order valence-electron chi connectivity index (χ0n) is 15.7. The molecule has 2 atom stereocenters. The van der Waals surface area contributed by atoms with Gasteiger partial charge in [0.2, 0.25) is 0 Å². The van der Waals surface area contributed by atoms with Gasteiger partial charge in [0.1, 0.15) is 11.5 Å². The molecule has 2 aromatic rings. The predicted octanol–water partition coefficient (Wildman–Crippen LogP) is 4.81. The fraction of sp³-hybridized carbons (Fsp3) is 0.591. The van der Waals surface area contributed by atoms with E-state index in [2.05, 4.69) is 40.8 Å². The number of aromatic nitrogens is 1. The Morgan fingerprint density at radius 3 is 2.81 bits per heavy atom. The summed E-state index contributed by atoms with van der Waals surface area (Å²) < 4.78 is 11.6. The van der Waals surface area contributed by atoms with Gasteiger partial charge >= 0.3 is 0 Å². The van der Waals surface area contributed by atoms with Crippen molar-refractivity contribution >= 4 is 0 Å². The van der Waals surface area contributed by atoms with Crippen molar-refractivity contribution in [3.63, 3.8) is 0 Å². The molecule has 4 nitrogen and oxygen atoms in total. The molecule has 140 valence electrons. The molecule has 4 heteroatoms. The first-order chi connectivity index (χ1) is 12.8. The maximum atomic E-state index is 6.14. The van der Waals surface area contributed by atoms with Crippen LogP contribution >= 0.6 is 0 Å². The summed E-state index contributed by atoms with van der Waals surface area (Å²) in [6, 6.07) is 11.2. The first kappa shape index (κ1) is 17.6. The first-order valence-corrected chi connectivity index (χ1v) is 10.2. The van der Waals surface area contributed by atoms with Crippen molar-refractivity contribution < 1.29 is 9.26 Å². The summed E-state index contributed by atoms with van der Waals surface area (Å²) in [4.78, 5) is 0. The molecule has 0 unspecified atom stereocenters. The molecule has 1 N–H and O–H groups in total. The van der Waals surface area contributed by atoms with Gasteiger partial charge in [-0.2, -0.15) is 0 Å². The Morgan fingerprint density at radius 2 is 2.00 bits per heavy atom. The normalized spacial score (nSPS) is 23.6. The highest BCUT2D eigenvalue weighted by molar-refractivity contribution is 5.28. The van der Waals surface area contributed by atoms with E-state index in [4.69, 9.17) is 9.26 Å². The average molecular weight is 354 g/mol. The Morgan fingerprint density at radius 1 is 1.12 bits per heavy atom. The van der Waals surface area contributed by atoms with Gasteiger partial charge in [0.15, 0.2) is 0 Å². The molecule has 2 saturated carbocycles. The molecule has 4 rings (SSSR count). The van der Waals surface area contributed by atoms with E-state index in [0.29, 0.717) is 18.1 Å². The van der Waals surface area contributed by atoms with Crippen LogP contribution in [-0.4, -0.2) is 17.3 Å². The van der Waals surface area contributed by atoms with Crippen molar-refractivity contribution in [3.8, 4) is 5.75 Å². The van der Waals surface area contributed by atoms with Gasteiger partial charge < -0.3 is 14.6 Å². The van der Waals surface area contributed by atoms with E-state index in [-0.39, 0.29) is 0 Å². The van der Waals surface area contributed by atoms with Gasteiger partial charge in [-0.3, -0.25) is 0 Å². The lowest BCUT2D eigenvalue weighted by Crippen LogP contribution is -2.32. The zero-order valence-corrected chi connectivity index (χ0v) is 15.7. The fourth-order valence-corrected chi connectivity index (χ4v) is 4.50. The largest absolute Gasteiger partial charge is 0.490 e. The van der Waals surface area contributed by atoms with Gasteiger partial charge in [-0.05, 0) is 69.1 Å². The lowest BCUT2D eigenvalue weighted by atomic mass is 9.97. The summed E-state index contributed by atoms with van der Waals surface area (Å²) in [5.41, 5.74) is 2.28. The quantitative estimate of drug-likeness (QED) is 0.775. The molecular weight excluding hydrogens is 324 g/mol. The number of aryl methyl sites for hydroxylation is 1. The topological polar surface area (TPSA) is 47.3 Å². The van der Waals surface area contributed by atoms with Crippen molar-refractivity contribution in [2.45, 2.75) is 77.0 Å². The highest BCUT2D eigenvalue weighted by Gasteiger charge is 2.28. The van der Waals surface area contributed by atoms with E-state index in [9.17, 15) is 0 Å². The molecule has 0 bridgehead atoms.